The fourth-order valence-electron chi connectivity index (χ4n) is 2.81. The van der Waals surface area contributed by atoms with Gasteiger partial charge in [-0.2, -0.15) is 0 Å². The molecule has 0 radical (unpaired) electrons. The van der Waals surface area contributed by atoms with Crippen molar-refractivity contribution in [1.29, 1.82) is 0 Å². The molecule has 4 nitrogen and oxygen atoms in total. The topological polar surface area (TPSA) is 46.9 Å². The Labute approximate surface area is 116 Å². The molecule has 2 heterocycles. The van der Waals surface area contributed by atoms with Gasteiger partial charge >= 0.3 is 0 Å². The van der Waals surface area contributed by atoms with Gasteiger partial charge in [0.05, 0.1) is 17.8 Å². The lowest BCUT2D eigenvalue weighted by atomic mass is 9.76. The van der Waals surface area contributed by atoms with E-state index in [1.54, 1.807) is 18.6 Å². The van der Waals surface area contributed by atoms with Gasteiger partial charge in [0, 0.05) is 17.6 Å². The van der Waals surface area contributed by atoms with Crippen molar-refractivity contribution in [2.45, 2.75) is 26.8 Å². The Balaban J connectivity index is 2.25. The summed E-state index contributed by atoms with van der Waals surface area (Å²) >= 11 is 0. The molecule has 3 rings (SSSR count). The van der Waals surface area contributed by atoms with Crippen molar-refractivity contribution in [3.63, 3.8) is 0 Å². The number of hydrogen-bond acceptors (Lipinski definition) is 2. The zero-order chi connectivity index (χ0) is 14.5. The van der Waals surface area contributed by atoms with E-state index in [0.717, 1.165) is 11.3 Å². The first-order valence-electron chi connectivity index (χ1n) is 6.50. The third-order valence-corrected chi connectivity index (χ3v) is 3.96. The van der Waals surface area contributed by atoms with Gasteiger partial charge in [-0.25, -0.2) is 9.37 Å². The maximum absolute atomic E-state index is 13.4. The van der Waals surface area contributed by atoms with Gasteiger partial charge in [0.2, 0.25) is 5.91 Å². The normalized spacial score (nSPS) is 20.4. The van der Waals surface area contributed by atoms with E-state index in [9.17, 15) is 9.18 Å². The lowest BCUT2D eigenvalue weighted by molar-refractivity contribution is -0.126. The number of aryl methyl sites for hydroxylation is 1. The number of hydrogen-bond donors (Lipinski definition) is 1. The molecule has 0 saturated heterocycles. The highest BCUT2D eigenvalue weighted by Crippen LogP contribution is 2.45. The minimum atomic E-state index is -0.643. The van der Waals surface area contributed by atoms with E-state index in [2.05, 4.69) is 10.3 Å². The molecule has 20 heavy (non-hydrogen) atoms. The van der Waals surface area contributed by atoms with E-state index in [1.807, 2.05) is 25.3 Å². The van der Waals surface area contributed by atoms with Crippen LogP contribution >= 0.6 is 0 Å². The minimum Gasteiger partial charge on any atom is -0.326 e. The molecule has 0 aliphatic carbocycles. The van der Waals surface area contributed by atoms with E-state index in [4.69, 9.17) is 0 Å². The number of nitrogens with zero attached hydrogens (tertiary/aromatic N) is 2. The van der Waals surface area contributed by atoms with Crippen LogP contribution in [0.1, 0.15) is 31.1 Å². The fraction of sp³-hybridized carbons (Fsp3) is 0.333. The summed E-state index contributed by atoms with van der Waals surface area (Å²) < 4.78 is 15.4. The molecule has 1 unspecified atom stereocenters. The third kappa shape index (κ3) is 1.73. The number of amides is 1. The molecule has 0 spiro atoms. The number of carbonyl (C=O) groups is 1. The molecule has 0 saturated carbocycles. The molecule has 0 bridgehead atoms. The Kier molecular flexibility index (Phi) is 2.67. The van der Waals surface area contributed by atoms with Crippen molar-refractivity contribution in [3.8, 4) is 0 Å². The zero-order valence-electron chi connectivity index (χ0n) is 11.6. The van der Waals surface area contributed by atoms with Gasteiger partial charge in [0.25, 0.3) is 0 Å². The van der Waals surface area contributed by atoms with Crippen molar-refractivity contribution in [2.24, 2.45) is 5.41 Å². The second kappa shape index (κ2) is 4.16. The Morgan fingerprint density at radius 2 is 2.15 bits per heavy atom. The summed E-state index contributed by atoms with van der Waals surface area (Å²) in [4.78, 5) is 16.5. The van der Waals surface area contributed by atoms with Crippen LogP contribution in [0.5, 0.6) is 0 Å². The molecule has 1 aliphatic heterocycles. The Bertz CT molecular complexity index is 690. The Morgan fingerprint density at radius 1 is 1.40 bits per heavy atom. The summed E-state index contributed by atoms with van der Waals surface area (Å²) in [6, 6.07) is 4.32. The van der Waals surface area contributed by atoms with E-state index >= 15 is 0 Å². The Hall–Kier alpha value is -2.17. The molecule has 1 aliphatic rings. The van der Waals surface area contributed by atoms with E-state index in [-0.39, 0.29) is 17.8 Å². The van der Waals surface area contributed by atoms with Crippen molar-refractivity contribution >= 4 is 11.6 Å². The molecule has 1 atom stereocenters. The molecular weight excluding hydrogens is 257 g/mol. The average molecular weight is 273 g/mol. The number of rotatable bonds is 1. The molecule has 5 heteroatoms. The smallest absolute Gasteiger partial charge is 0.232 e. The largest absolute Gasteiger partial charge is 0.326 e. The van der Waals surface area contributed by atoms with Crippen molar-refractivity contribution in [2.75, 3.05) is 5.32 Å². The molecule has 104 valence electrons. The average Bonchev–Trinajstić information content (AvgIpc) is 2.77. The first kappa shape index (κ1) is 12.8. The van der Waals surface area contributed by atoms with E-state index in [1.165, 1.54) is 12.1 Å². The zero-order valence-corrected chi connectivity index (χ0v) is 11.6. The van der Waals surface area contributed by atoms with Crippen LogP contribution in [0.3, 0.4) is 0 Å². The number of benzene rings is 1. The first-order chi connectivity index (χ1) is 9.41. The lowest BCUT2D eigenvalue weighted by Crippen LogP contribution is -2.43. The lowest BCUT2D eigenvalue weighted by Gasteiger charge is -2.40. The maximum Gasteiger partial charge on any atom is 0.232 e. The molecular formula is C15H16FN3O. The monoisotopic (exact) mass is 273 g/mol. The van der Waals surface area contributed by atoms with Crippen molar-refractivity contribution < 1.29 is 9.18 Å². The van der Waals surface area contributed by atoms with E-state index in [0.29, 0.717) is 5.69 Å². The number of fused-ring (bicyclic) bond motifs is 1. The predicted molar refractivity (Wildman–Crippen MR) is 73.9 cm³/mol. The van der Waals surface area contributed by atoms with Crippen molar-refractivity contribution in [1.82, 2.24) is 9.55 Å². The Morgan fingerprint density at radius 3 is 2.80 bits per heavy atom. The summed E-state index contributed by atoms with van der Waals surface area (Å²) in [5.74, 6) is -0.474. The van der Waals surface area contributed by atoms with Crippen LogP contribution < -0.4 is 5.32 Å². The first-order valence-corrected chi connectivity index (χ1v) is 6.50. The minimum absolute atomic E-state index is 0.117. The van der Waals surface area contributed by atoms with Crippen LogP contribution in [-0.4, -0.2) is 15.5 Å². The number of carbonyl (C=O) groups excluding carboxylic acids is 1. The molecule has 1 aromatic heterocycles. The van der Waals surface area contributed by atoms with E-state index < -0.39 is 5.41 Å². The molecule has 2 aromatic rings. The van der Waals surface area contributed by atoms with Crippen LogP contribution in [0.15, 0.2) is 30.7 Å². The predicted octanol–water partition coefficient (Wildman–Crippen LogP) is 2.90. The van der Waals surface area contributed by atoms with Gasteiger partial charge in [0.15, 0.2) is 0 Å². The highest BCUT2D eigenvalue weighted by molar-refractivity contribution is 5.98. The third-order valence-electron chi connectivity index (χ3n) is 3.96. The van der Waals surface area contributed by atoms with Gasteiger partial charge in [-0.05, 0) is 38.5 Å². The summed E-state index contributed by atoms with van der Waals surface area (Å²) in [6.45, 7) is 5.72. The summed E-state index contributed by atoms with van der Waals surface area (Å²) in [5.41, 5.74) is 1.76. The summed E-state index contributed by atoms with van der Waals surface area (Å²) in [6.07, 6.45) is 3.47. The van der Waals surface area contributed by atoms with Crippen LogP contribution in [0, 0.1) is 18.2 Å². The number of imidazole rings is 1. The maximum atomic E-state index is 13.4. The number of aromatic nitrogens is 2. The summed E-state index contributed by atoms with van der Waals surface area (Å²) in [5, 5.41) is 2.79. The molecule has 1 aromatic carbocycles. The number of anilines is 1. The van der Waals surface area contributed by atoms with Crippen LogP contribution in [0.25, 0.3) is 0 Å². The molecule has 1 amide bonds. The van der Waals surface area contributed by atoms with Gasteiger partial charge < -0.3 is 9.88 Å². The van der Waals surface area contributed by atoms with Gasteiger partial charge in [-0.3, -0.25) is 4.79 Å². The van der Waals surface area contributed by atoms with Crippen molar-refractivity contribution in [3.05, 3.63) is 47.8 Å². The second-order valence-electron chi connectivity index (χ2n) is 5.75. The SMILES string of the molecule is Cc1cncn1C1c2ccc(F)cc2NC(=O)C1(C)C. The van der Waals surface area contributed by atoms with Crippen LogP contribution in [-0.2, 0) is 4.79 Å². The standard InChI is InChI=1S/C15H16FN3O/c1-9-7-17-8-19(9)13-11-5-4-10(16)6-12(11)18-14(20)15(13,2)3/h4-8,13H,1-3H3,(H,18,20). The quantitative estimate of drug-likeness (QED) is 0.868. The van der Waals surface area contributed by atoms with Gasteiger partial charge in [-0.15, -0.1) is 0 Å². The van der Waals surface area contributed by atoms with Gasteiger partial charge in [0.1, 0.15) is 5.82 Å². The number of nitrogens with one attached hydrogen (secondary N) is 1. The highest BCUT2D eigenvalue weighted by Gasteiger charge is 2.44. The fourth-order valence-corrected chi connectivity index (χ4v) is 2.81. The highest BCUT2D eigenvalue weighted by atomic mass is 19.1. The molecule has 0 fully saturated rings. The molecule has 1 N–H and O–H groups in total. The second-order valence-corrected chi connectivity index (χ2v) is 5.75. The number of halogens is 1. The summed E-state index contributed by atoms with van der Waals surface area (Å²) in [7, 11) is 0. The van der Waals surface area contributed by atoms with Crippen LogP contribution in [0.4, 0.5) is 10.1 Å². The van der Waals surface area contributed by atoms with Crippen LogP contribution in [0.2, 0.25) is 0 Å². The van der Waals surface area contributed by atoms with Gasteiger partial charge in [-0.1, -0.05) is 6.07 Å².